The number of allylic oxidation sites excluding steroid dienone is 2. The minimum absolute atomic E-state index is 0.179. The monoisotopic (exact) mass is 458 g/mol. The molecule has 0 amide bonds. The van der Waals surface area contributed by atoms with Crippen molar-refractivity contribution in [1.82, 2.24) is 24.5 Å². The maximum atomic E-state index is 12.9. The molecule has 1 N–H and O–H groups in total. The molecule has 3 aliphatic rings. The Bertz CT molecular complexity index is 1500. The van der Waals surface area contributed by atoms with Gasteiger partial charge in [-0.25, -0.2) is 15.0 Å². The van der Waals surface area contributed by atoms with Crippen molar-refractivity contribution < 1.29 is 9.53 Å². The number of nitrogens with zero attached hydrogens (tertiary/aromatic N) is 5. The number of pyridine rings is 1. The van der Waals surface area contributed by atoms with Crippen LogP contribution < -0.4 is 0 Å². The summed E-state index contributed by atoms with van der Waals surface area (Å²) >= 11 is 6.55. The molecule has 9 heteroatoms. The molecule has 4 aromatic rings. The summed E-state index contributed by atoms with van der Waals surface area (Å²) in [6.45, 7) is 2.18. The number of esters is 1. The van der Waals surface area contributed by atoms with E-state index in [0.29, 0.717) is 34.3 Å². The van der Waals surface area contributed by atoms with Crippen molar-refractivity contribution in [2.24, 2.45) is 11.8 Å². The van der Waals surface area contributed by atoms with E-state index in [1.165, 1.54) is 11.8 Å². The highest BCUT2D eigenvalue weighted by atomic mass is 35.5. The van der Waals surface area contributed by atoms with Crippen LogP contribution in [0.1, 0.15) is 31.4 Å². The van der Waals surface area contributed by atoms with Crippen molar-refractivity contribution in [3.8, 4) is 17.5 Å². The van der Waals surface area contributed by atoms with Crippen molar-refractivity contribution >= 4 is 39.6 Å². The van der Waals surface area contributed by atoms with Gasteiger partial charge < -0.3 is 14.3 Å². The molecule has 4 heterocycles. The first-order valence-corrected chi connectivity index (χ1v) is 11.2. The van der Waals surface area contributed by atoms with Crippen molar-refractivity contribution in [3.05, 3.63) is 53.1 Å². The first-order chi connectivity index (χ1) is 16.1. The Labute approximate surface area is 193 Å². The van der Waals surface area contributed by atoms with E-state index in [1.807, 2.05) is 17.7 Å². The highest BCUT2D eigenvalue weighted by Gasteiger charge is 2.46. The van der Waals surface area contributed by atoms with Gasteiger partial charge in [-0.3, -0.25) is 4.79 Å². The number of H-pyrrole nitrogens is 1. The van der Waals surface area contributed by atoms with E-state index in [4.69, 9.17) is 21.3 Å². The number of ether oxygens (including phenoxy) is 1. The maximum Gasteiger partial charge on any atom is 0.311 e. The van der Waals surface area contributed by atoms with E-state index in [9.17, 15) is 10.1 Å². The van der Waals surface area contributed by atoms with Gasteiger partial charge in [0, 0.05) is 35.7 Å². The molecule has 0 radical (unpaired) electrons. The molecule has 2 bridgehead atoms. The minimum Gasteiger partial charge on any atom is -0.466 e. The molecular formula is C24H19ClN6O2. The molecule has 4 aromatic heterocycles. The number of nitriles is 1. The van der Waals surface area contributed by atoms with Gasteiger partial charge in [0.2, 0.25) is 0 Å². The maximum absolute atomic E-state index is 12.9. The standard InChI is InChI=1S/C24H19ClN6O2/c1-2-33-24(32)20-14-3-12(4-14)6-19(20)31-11-18(25)17-10-29-22(30-23(17)31)16-9-28-21-15(16)5-13(7-26)8-27-21/h5-6,8-11,14,19-20H,2-4H2,1H3,(H,27,28)/t19-,20-/m1/s1. The van der Waals surface area contributed by atoms with Gasteiger partial charge in [-0.05, 0) is 31.7 Å². The van der Waals surface area contributed by atoms with Gasteiger partial charge in [-0.1, -0.05) is 23.3 Å². The molecule has 1 saturated carbocycles. The molecule has 0 unspecified atom stereocenters. The summed E-state index contributed by atoms with van der Waals surface area (Å²) in [4.78, 5) is 29.7. The van der Waals surface area contributed by atoms with Gasteiger partial charge in [0.1, 0.15) is 17.4 Å². The number of aromatic amines is 1. The van der Waals surface area contributed by atoms with Gasteiger partial charge >= 0.3 is 5.97 Å². The van der Waals surface area contributed by atoms with E-state index >= 15 is 0 Å². The summed E-state index contributed by atoms with van der Waals surface area (Å²) in [5.74, 6) is 0.308. The first kappa shape index (κ1) is 19.9. The predicted molar refractivity (Wildman–Crippen MR) is 122 cm³/mol. The lowest BCUT2D eigenvalue weighted by Gasteiger charge is -2.44. The molecule has 0 spiro atoms. The first-order valence-electron chi connectivity index (χ1n) is 10.8. The average Bonchev–Trinajstić information content (AvgIpc) is 3.38. The molecule has 8 nitrogen and oxygen atoms in total. The number of rotatable bonds is 4. The van der Waals surface area contributed by atoms with Gasteiger partial charge in [0.05, 0.1) is 34.5 Å². The molecule has 7 rings (SSSR count). The van der Waals surface area contributed by atoms with Crippen LogP contribution >= 0.6 is 11.6 Å². The molecule has 2 atom stereocenters. The van der Waals surface area contributed by atoms with Crippen LogP contribution in [0.3, 0.4) is 0 Å². The quantitative estimate of drug-likeness (QED) is 0.354. The normalized spacial score (nSPS) is 21.5. The highest BCUT2D eigenvalue weighted by Crippen LogP contribution is 2.50. The largest absolute Gasteiger partial charge is 0.466 e. The lowest BCUT2D eigenvalue weighted by molar-refractivity contribution is -0.152. The van der Waals surface area contributed by atoms with Crippen molar-refractivity contribution in [1.29, 1.82) is 5.26 Å². The number of carbonyl (C=O) groups excluding carboxylic acids is 1. The Kier molecular flexibility index (Phi) is 4.49. The van der Waals surface area contributed by atoms with Crippen LogP contribution in [0.15, 0.2) is 42.5 Å². The van der Waals surface area contributed by atoms with Crippen LogP contribution in [0.2, 0.25) is 5.02 Å². The summed E-state index contributed by atoms with van der Waals surface area (Å²) in [6.07, 6.45) is 10.9. The summed E-state index contributed by atoms with van der Waals surface area (Å²) in [6, 6.07) is 3.68. The second-order valence-electron chi connectivity index (χ2n) is 8.51. The zero-order chi connectivity index (χ0) is 22.7. The number of nitrogens with one attached hydrogen (secondary N) is 1. The molecule has 0 saturated heterocycles. The number of hydrogen-bond acceptors (Lipinski definition) is 6. The fourth-order valence-corrected chi connectivity index (χ4v) is 5.29. The molecule has 33 heavy (non-hydrogen) atoms. The molecule has 0 aromatic carbocycles. The van der Waals surface area contributed by atoms with Crippen LogP contribution in [0.5, 0.6) is 0 Å². The van der Waals surface area contributed by atoms with Gasteiger partial charge in [0.25, 0.3) is 0 Å². The second kappa shape index (κ2) is 7.42. The predicted octanol–water partition coefficient (Wildman–Crippen LogP) is 4.57. The van der Waals surface area contributed by atoms with Crippen LogP contribution in [0.25, 0.3) is 33.5 Å². The third-order valence-electron chi connectivity index (χ3n) is 6.64. The minimum atomic E-state index is -0.275. The van der Waals surface area contributed by atoms with Gasteiger partial charge in [-0.15, -0.1) is 0 Å². The second-order valence-corrected chi connectivity index (χ2v) is 8.92. The van der Waals surface area contributed by atoms with Gasteiger partial charge in [-0.2, -0.15) is 5.26 Å². The van der Waals surface area contributed by atoms with Crippen LogP contribution in [0.4, 0.5) is 0 Å². The molecular weight excluding hydrogens is 440 g/mol. The average molecular weight is 459 g/mol. The zero-order valence-corrected chi connectivity index (χ0v) is 18.5. The van der Waals surface area contributed by atoms with E-state index in [0.717, 1.165) is 29.2 Å². The Morgan fingerprint density at radius 2 is 2.18 bits per heavy atom. The Morgan fingerprint density at radius 3 is 2.97 bits per heavy atom. The Morgan fingerprint density at radius 1 is 1.33 bits per heavy atom. The summed E-state index contributed by atoms with van der Waals surface area (Å²) < 4.78 is 7.39. The van der Waals surface area contributed by atoms with E-state index in [1.54, 1.807) is 18.5 Å². The van der Waals surface area contributed by atoms with Crippen molar-refractivity contribution in [2.45, 2.75) is 25.8 Å². The van der Waals surface area contributed by atoms with Crippen molar-refractivity contribution in [3.63, 3.8) is 0 Å². The van der Waals surface area contributed by atoms with E-state index < -0.39 is 0 Å². The van der Waals surface area contributed by atoms with Gasteiger partial charge in [0.15, 0.2) is 5.82 Å². The van der Waals surface area contributed by atoms with Crippen LogP contribution in [-0.4, -0.2) is 37.1 Å². The Hall–Kier alpha value is -3.70. The third-order valence-corrected chi connectivity index (χ3v) is 6.94. The van der Waals surface area contributed by atoms with E-state index in [2.05, 4.69) is 27.1 Å². The number of fused-ring (bicyclic) bond motifs is 4. The summed E-state index contributed by atoms with van der Waals surface area (Å²) in [5.41, 5.74) is 3.86. The molecule has 1 fully saturated rings. The third kappa shape index (κ3) is 3.04. The number of hydrogen-bond donors (Lipinski definition) is 1. The molecule has 164 valence electrons. The van der Waals surface area contributed by atoms with E-state index in [-0.39, 0.29) is 23.8 Å². The lowest BCUT2D eigenvalue weighted by Crippen LogP contribution is -2.41. The zero-order valence-electron chi connectivity index (χ0n) is 17.7. The summed E-state index contributed by atoms with van der Waals surface area (Å²) in [7, 11) is 0. The Balaban J connectivity index is 1.50. The topological polar surface area (TPSA) is 109 Å². The fourth-order valence-electron chi connectivity index (χ4n) is 5.05. The lowest BCUT2D eigenvalue weighted by atomic mass is 9.64. The number of carbonyl (C=O) groups is 1. The SMILES string of the molecule is CCOC(=O)[C@@H]1C2CC(=C[C@H]1n1cc(Cl)c3cnc(-c4c[nH]c5ncc(C#N)cc45)nc31)C2. The fraction of sp³-hybridized carbons (Fsp3) is 0.292. The van der Waals surface area contributed by atoms with Crippen molar-refractivity contribution in [2.75, 3.05) is 6.61 Å². The number of aromatic nitrogens is 5. The highest BCUT2D eigenvalue weighted by molar-refractivity contribution is 6.35. The smallest absolute Gasteiger partial charge is 0.311 e. The number of halogens is 1. The van der Waals surface area contributed by atoms with Crippen LogP contribution in [-0.2, 0) is 9.53 Å². The molecule has 0 aliphatic heterocycles. The summed E-state index contributed by atoms with van der Waals surface area (Å²) in [5, 5.41) is 11.3. The molecule has 3 aliphatic carbocycles. The van der Waals surface area contributed by atoms with Crippen LogP contribution in [0, 0.1) is 23.2 Å².